The van der Waals surface area contributed by atoms with Crippen molar-refractivity contribution < 1.29 is 14.3 Å². The lowest BCUT2D eigenvalue weighted by molar-refractivity contribution is -0.163. The van der Waals surface area contributed by atoms with Crippen molar-refractivity contribution in [2.75, 3.05) is 6.61 Å². The van der Waals surface area contributed by atoms with Crippen molar-refractivity contribution in [1.82, 2.24) is 0 Å². The fourth-order valence-electron chi connectivity index (χ4n) is 2.01. The first-order valence-corrected chi connectivity index (χ1v) is 6.15. The van der Waals surface area contributed by atoms with Gasteiger partial charge in [-0.25, -0.2) is 0 Å². The van der Waals surface area contributed by atoms with Crippen LogP contribution in [0.25, 0.3) is 0 Å². The molecular weight excluding hydrogens is 216 g/mol. The van der Waals surface area contributed by atoms with E-state index in [1.54, 1.807) is 6.08 Å². The van der Waals surface area contributed by atoms with E-state index < -0.39 is 5.79 Å². The third-order valence-electron chi connectivity index (χ3n) is 3.25. The number of ether oxygens (including phenoxy) is 2. The van der Waals surface area contributed by atoms with E-state index >= 15 is 0 Å². The molecule has 1 aliphatic carbocycles. The molecule has 1 saturated heterocycles. The van der Waals surface area contributed by atoms with Crippen molar-refractivity contribution in [3.8, 4) is 0 Å². The van der Waals surface area contributed by atoms with E-state index in [1.165, 1.54) is 0 Å². The molecule has 94 valence electrons. The number of hydrogen-bond donors (Lipinski definition) is 0. The molecule has 0 aromatic heterocycles. The summed E-state index contributed by atoms with van der Waals surface area (Å²) in [5.74, 6) is -1.26. The Balaban J connectivity index is 2.31. The standard InChI is InChI=1S/C14H20O3/c1-5-11-9-16-14(17-11)8-10(13(2,3)4)6-7-12(14)15/h6-8,11H,5,9H2,1-4H3/t11-,14-/m1/s1. The van der Waals surface area contributed by atoms with Crippen molar-refractivity contribution in [1.29, 1.82) is 0 Å². The second-order valence-corrected chi connectivity index (χ2v) is 5.67. The summed E-state index contributed by atoms with van der Waals surface area (Å²) >= 11 is 0. The van der Waals surface area contributed by atoms with E-state index in [0.717, 1.165) is 12.0 Å². The summed E-state index contributed by atoms with van der Waals surface area (Å²) in [5, 5.41) is 0. The van der Waals surface area contributed by atoms with E-state index in [9.17, 15) is 4.79 Å². The Morgan fingerprint density at radius 3 is 2.65 bits per heavy atom. The normalized spacial score (nSPS) is 33.3. The number of rotatable bonds is 1. The van der Waals surface area contributed by atoms with Gasteiger partial charge in [0, 0.05) is 0 Å². The maximum absolute atomic E-state index is 12.0. The van der Waals surface area contributed by atoms with Crippen LogP contribution in [0.3, 0.4) is 0 Å². The monoisotopic (exact) mass is 236 g/mol. The van der Waals surface area contributed by atoms with Crippen LogP contribution >= 0.6 is 0 Å². The van der Waals surface area contributed by atoms with Gasteiger partial charge in [-0.1, -0.05) is 33.8 Å². The molecule has 1 aliphatic heterocycles. The minimum Gasteiger partial charge on any atom is -0.337 e. The first-order valence-electron chi connectivity index (χ1n) is 6.15. The Hall–Kier alpha value is -0.930. The summed E-state index contributed by atoms with van der Waals surface area (Å²) in [5.41, 5.74) is 1.06. The molecule has 2 atom stereocenters. The van der Waals surface area contributed by atoms with Gasteiger partial charge in [-0.15, -0.1) is 0 Å². The third-order valence-corrected chi connectivity index (χ3v) is 3.25. The van der Waals surface area contributed by atoms with E-state index in [4.69, 9.17) is 9.47 Å². The summed E-state index contributed by atoms with van der Waals surface area (Å²) in [6.07, 6.45) is 6.14. The zero-order chi connectivity index (χ0) is 12.7. The first kappa shape index (κ1) is 12.5. The molecule has 0 bridgehead atoms. The predicted octanol–water partition coefficient (Wildman–Crippen LogP) is 2.62. The molecule has 3 nitrogen and oxygen atoms in total. The average molecular weight is 236 g/mol. The van der Waals surface area contributed by atoms with Gasteiger partial charge in [0.25, 0.3) is 5.79 Å². The molecule has 0 radical (unpaired) electrons. The summed E-state index contributed by atoms with van der Waals surface area (Å²) in [6, 6.07) is 0. The molecule has 1 spiro atoms. The van der Waals surface area contributed by atoms with Gasteiger partial charge in [0.1, 0.15) is 0 Å². The zero-order valence-electron chi connectivity index (χ0n) is 10.9. The molecular formula is C14H20O3. The largest absolute Gasteiger partial charge is 0.337 e. The smallest absolute Gasteiger partial charge is 0.254 e. The van der Waals surface area contributed by atoms with Gasteiger partial charge < -0.3 is 9.47 Å². The topological polar surface area (TPSA) is 35.5 Å². The van der Waals surface area contributed by atoms with Crippen molar-refractivity contribution in [2.45, 2.75) is 46.0 Å². The van der Waals surface area contributed by atoms with Crippen LogP contribution in [0.1, 0.15) is 34.1 Å². The Bertz CT molecular complexity index is 387. The molecule has 0 aromatic rings. The SMILES string of the molecule is CC[C@@H]1CO[C@]2(C=C(C(C)(C)C)C=CC2=O)O1. The highest BCUT2D eigenvalue weighted by molar-refractivity contribution is 5.99. The van der Waals surface area contributed by atoms with Crippen LogP contribution in [0, 0.1) is 5.41 Å². The summed E-state index contributed by atoms with van der Waals surface area (Å²) in [4.78, 5) is 12.0. The highest BCUT2D eigenvalue weighted by Crippen LogP contribution is 2.37. The Morgan fingerprint density at radius 1 is 1.41 bits per heavy atom. The van der Waals surface area contributed by atoms with Crippen LogP contribution < -0.4 is 0 Å². The van der Waals surface area contributed by atoms with Gasteiger partial charge >= 0.3 is 0 Å². The van der Waals surface area contributed by atoms with Gasteiger partial charge in [-0.2, -0.15) is 0 Å². The van der Waals surface area contributed by atoms with E-state index in [2.05, 4.69) is 20.8 Å². The average Bonchev–Trinajstić information content (AvgIpc) is 2.65. The van der Waals surface area contributed by atoms with Crippen molar-refractivity contribution in [2.24, 2.45) is 5.41 Å². The number of hydrogen-bond acceptors (Lipinski definition) is 3. The maximum Gasteiger partial charge on any atom is 0.254 e. The number of ketones is 1. The molecule has 2 rings (SSSR count). The van der Waals surface area contributed by atoms with Crippen molar-refractivity contribution >= 4 is 5.78 Å². The van der Waals surface area contributed by atoms with Crippen LogP contribution in [0.2, 0.25) is 0 Å². The fourth-order valence-corrected chi connectivity index (χ4v) is 2.01. The first-order chi connectivity index (χ1) is 7.87. The second kappa shape index (κ2) is 4.07. The molecule has 0 aromatic carbocycles. The number of carbonyl (C=O) groups is 1. The van der Waals surface area contributed by atoms with E-state index in [-0.39, 0.29) is 17.3 Å². The predicted molar refractivity (Wildman–Crippen MR) is 65.5 cm³/mol. The molecule has 1 heterocycles. The summed E-state index contributed by atoms with van der Waals surface area (Å²) in [6.45, 7) is 8.85. The highest BCUT2D eigenvalue weighted by atomic mass is 16.7. The van der Waals surface area contributed by atoms with Gasteiger partial charge in [-0.3, -0.25) is 4.79 Å². The molecule has 0 amide bonds. The van der Waals surface area contributed by atoms with Crippen LogP contribution in [0.5, 0.6) is 0 Å². The van der Waals surface area contributed by atoms with Crippen LogP contribution in [-0.4, -0.2) is 24.3 Å². The second-order valence-electron chi connectivity index (χ2n) is 5.67. The number of carbonyl (C=O) groups excluding carboxylic acids is 1. The summed E-state index contributed by atoms with van der Waals surface area (Å²) < 4.78 is 11.4. The molecule has 1 fully saturated rings. The number of allylic oxidation sites excluding steroid dienone is 2. The molecule has 3 heteroatoms. The zero-order valence-corrected chi connectivity index (χ0v) is 10.9. The fraction of sp³-hybridized carbons (Fsp3) is 0.643. The minimum atomic E-state index is -1.15. The third kappa shape index (κ3) is 2.22. The molecule has 17 heavy (non-hydrogen) atoms. The molecule has 2 aliphatic rings. The Morgan fingerprint density at radius 2 is 2.12 bits per heavy atom. The van der Waals surface area contributed by atoms with Gasteiger partial charge in [0.15, 0.2) is 0 Å². The van der Waals surface area contributed by atoms with E-state index in [0.29, 0.717) is 6.61 Å². The minimum absolute atomic E-state index is 0.0127. The van der Waals surface area contributed by atoms with Crippen LogP contribution in [0.15, 0.2) is 23.8 Å². The van der Waals surface area contributed by atoms with Crippen molar-refractivity contribution in [3.05, 3.63) is 23.8 Å². The van der Waals surface area contributed by atoms with E-state index in [1.807, 2.05) is 19.1 Å². The van der Waals surface area contributed by atoms with Gasteiger partial charge in [-0.05, 0) is 29.6 Å². The lowest BCUT2D eigenvalue weighted by Crippen LogP contribution is -2.40. The van der Waals surface area contributed by atoms with Gasteiger partial charge in [0.2, 0.25) is 5.78 Å². The van der Waals surface area contributed by atoms with Crippen LogP contribution in [-0.2, 0) is 14.3 Å². The lowest BCUT2D eigenvalue weighted by Gasteiger charge is -2.30. The van der Waals surface area contributed by atoms with Crippen LogP contribution in [0.4, 0.5) is 0 Å². The molecule has 0 unspecified atom stereocenters. The van der Waals surface area contributed by atoms with Crippen molar-refractivity contribution in [3.63, 3.8) is 0 Å². The maximum atomic E-state index is 12.0. The molecule has 0 N–H and O–H groups in total. The summed E-state index contributed by atoms with van der Waals surface area (Å²) in [7, 11) is 0. The lowest BCUT2D eigenvalue weighted by atomic mass is 9.82. The quantitative estimate of drug-likeness (QED) is 0.702. The van der Waals surface area contributed by atoms with Gasteiger partial charge in [0.05, 0.1) is 12.7 Å². The molecule has 0 saturated carbocycles. The Labute approximate surface area is 102 Å². The highest BCUT2D eigenvalue weighted by Gasteiger charge is 2.47. The Kier molecular flexibility index (Phi) is 3.00.